The molecule has 0 aromatic heterocycles. The van der Waals surface area contributed by atoms with Crippen molar-refractivity contribution in [1.82, 2.24) is 5.32 Å². The van der Waals surface area contributed by atoms with Gasteiger partial charge in [0, 0.05) is 4.47 Å². The summed E-state index contributed by atoms with van der Waals surface area (Å²) in [5.41, 5.74) is -0.977. The molecule has 0 aliphatic carbocycles. The van der Waals surface area contributed by atoms with Gasteiger partial charge in [0.25, 0.3) is 5.91 Å². The van der Waals surface area contributed by atoms with Crippen LogP contribution in [0, 0.1) is 0 Å². The van der Waals surface area contributed by atoms with E-state index in [0.717, 1.165) is 12.1 Å². The highest BCUT2D eigenvalue weighted by Crippen LogP contribution is 2.31. The molecule has 1 unspecified atom stereocenters. The lowest BCUT2D eigenvalue weighted by Crippen LogP contribution is -2.34. The lowest BCUT2D eigenvalue weighted by Gasteiger charge is -2.17. The number of carbonyl (C=O) groups is 2. The highest BCUT2D eigenvalue weighted by molar-refractivity contribution is 9.10. The Morgan fingerprint density at radius 3 is 2.33 bits per heavy atom. The van der Waals surface area contributed by atoms with E-state index in [1.807, 2.05) is 0 Å². The first kappa shape index (κ1) is 18.0. The molecule has 0 fully saturated rings. The van der Waals surface area contributed by atoms with Gasteiger partial charge in [-0.3, -0.25) is 4.79 Å². The van der Waals surface area contributed by atoms with Gasteiger partial charge in [-0.15, -0.1) is 0 Å². The highest BCUT2D eigenvalue weighted by Gasteiger charge is 2.32. The molecule has 2 aromatic carbocycles. The summed E-state index contributed by atoms with van der Waals surface area (Å²) in [4.78, 5) is 23.6. The van der Waals surface area contributed by atoms with Crippen LogP contribution in [-0.4, -0.2) is 17.0 Å². The van der Waals surface area contributed by atoms with Crippen LogP contribution in [0.5, 0.6) is 0 Å². The molecular formula is C16H11BrF3NO3. The lowest BCUT2D eigenvalue weighted by molar-refractivity contribution is -0.140. The molecule has 1 atom stereocenters. The van der Waals surface area contributed by atoms with Gasteiger partial charge in [0.15, 0.2) is 6.04 Å². The molecule has 24 heavy (non-hydrogen) atoms. The predicted octanol–water partition coefficient (Wildman–Crippen LogP) is 4.02. The van der Waals surface area contributed by atoms with Crippen LogP contribution in [0.15, 0.2) is 53.0 Å². The third-order valence-electron chi connectivity index (χ3n) is 3.19. The van der Waals surface area contributed by atoms with Crippen LogP contribution in [0.3, 0.4) is 0 Å². The van der Waals surface area contributed by atoms with Crippen molar-refractivity contribution >= 4 is 27.8 Å². The van der Waals surface area contributed by atoms with Gasteiger partial charge in [0.1, 0.15) is 0 Å². The summed E-state index contributed by atoms with van der Waals surface area (Å²) in [5.74, 6) is -2.18. The van der Waals surface area contributed by atoms with Crippen LogP contribution >= 0.6 is 15.9 Å². The summed E-state index contributed by atoms with van der Waals surface area (Å²) in [6.45, 7) is 0. The average Bonchev–Trinajstić information content (AvgIpc) is 2.52. The molecule has 0 heterocycles. The zero-order valence-corrected chi connectivity index (χ0v) is 13.6. The Balaban J connectivity index is 2.33. The van der Waals surface area contributed by atoms with Crippen molar-refractivity contribution in [2.24, 2.45) is 0 Å². The van der Waals surface area contributed by atoms with E-state index in [2.05, 4.69) is 21.2 Å². The Kier molecular flexibility index (Phi) is 5.28. The zero-order valence-electron chi connectivity index (χ0n) is 12.0. The molecule has 0 saturated heterocycles. The van der Waals surface area contributed by atoms with E-state index in [0.29, 0.717) is 10.5 Å². The minimum Gasteiger partial charge on any atom is -0.479 e. The normalized spacial score (nSPS) is 12.5. The zero-order chi connectivity index (χ0) is 17.9. The van der Waals surface area contributed by atoms with Gasteiger partial charge >= 0.3 is 12.1 Å². The number of carboxylic acids is 1. The second kappa shape index (κ2) is 7.04. The topological polar surface area (TPSA) is 66.4 Å². The number of benzene rings is 2. The lowest BCUT2D eigenvalue weighted by atomic mass is 10.0. The molecule has 0 spiro atoms. The van der Waals surface area contributed by atoms with Crippen LogP contribution < -0.4 is 5.32 Å². The van der Waals surface area contributed by atoms with E-state index in [-0.39, 0.29) is 11.1 Å². The van der Waals surface area contributed by atoms with Crippen LogP contribution in [0.25, 0.3) is 0 Å². The number of rotatable bonds is 4. The number of amides is 1. The first-order chi connectivity index (χ1) is 11.2. The maximum Gasteiger partial charge on any atom is 0.416 e. The SMILES string of the molecule is O=C(NC(C(=O)O)c1cccc(C(F)(F)F)c1)c1ccccc1Br. The molecule has 0 aliphatic rings. The summed E-state index contributed by atoms with van der Waals surface area (Å²) in [5, 5.41) is 11.5. The first-order valence-electron chi connectivity index (χ1n) is 6.65. The molecule has 2 N–H and O–H groups in total. The van der Waals surface area contributed by atoms with Gasteiger partial charge in [-0.1, -0.05) is 24.3 Å². The number of hydrogen-bond donors (Lipinski definition) is 2. The number of nitrogens with one attached hydrogen (secondary N) is 1. The summed E-state index contributed by atoms with van der Waals surface area (Å²) in [7, 11) is 0. The van der Waals surface area contributed by atoms with Crippen LogP contribution in [0.1, 0.15) is 27.5 Å². The fraction of sp³-hybridized carbons (Fsp3) is 0.125. The van der Waals surface area contributed by atoms with E-state index in [1.54, 1.807) is 18.2 Å². The predicted molar refractivity (Wildman–Crippen MR) is 83.4 cm³/mol. The number of carbonyl (C=O) groups excluding carboxylic acids is 1. The molecule has 0 aliphatic heterocycles. The highest BCUT2D eigenvalue weighted by atomic mass is 79.9. The molecule has 126 valence electrons. The maximum absolute atomic E-state index is 12.8. The van der Waals surface area contributed by atoms with Crippen molar-refractivity contribution < 1.29 is 27.9 Å². The molecule has 8 heteroatoms. The van der Waals surface area contributed by atoms with Crippen LogP contribution in [-0.2, 0) is 11.0 Å². The smallest absolute Gasteiger partial charge is 0.416 e. The van der Waals surface area contributed by atoms with Crippen molar-refractivity contribution in [3.8, 4) is 0 Å². The van der Waals surface area contributed by atoms with E-state index in [1.165, 1.54) is 12.1 Å². The minimum absolute atomic E-state index is 0.169. The van der Waals surface area contributed by atoms with E-state index < -0.39 is 29.7 Å². The fourth-order valence-electron chi connectivity index (χ4n) is 2.04. The molecule has 0 saturated carbocycles. The second-order valence-electron chi connectivity index (χ2n) is 4.85. The minimum atomic E-state index is -4.61. The molecule has 4 nitrogen and oxygen atoms in total. The van der Waals surface area contributed by atoms with Crippen molar-refractivity contribution in [3.05, 3.63) is 69.7 Å². The van der Waals surface area contributed by atoms with Crippen molar-refractivity contribution in [1.29, 1.82) is 0 Å². The number of alkyl halides is 3. The molecule has 2 aromatic rings. The largest absolute Gasteiger partial charge is 0.479 e. The number of carboxylic acid groups (broad SMARTS) is 1. The standard InChI is InChI=1S/C16H11BrF3NO3/c17-12-7-2-1-6-11(12)14(22)21-13(15(23)24)9-4-3-5-10(8-9)16(18,19)20/h1-8,13H,(H,21,22)(H,23,24). The Hall–Kier alpha value is -2.35. The summed E-state index contributed by atoms with van der Waals surface area (Å²) in [6.07, 6.45) is -4.61. The van der Waals surface area contributed by atoms with E-state index >= 15 is 0 Å². The van der Waals surface area contributed by atoms with Gasteiger partial charge in [-0.2, -0.15) is 13.2 Å². The van der Waals surface area contributed by atoms with E-state index in [4.69, 9.17) is 0 Å². The summed E-state index contributed by atoms with van der Waals surface area (Å²) < 4.78 is 38.8. The summed E-state index contributed by atoms with van der Waals surface area (Å²) in [6, 6.07) is 8.55. The molecular weight excluding hydrogens is 391 g/mol. The first-order valence-corrected chi connectivity index (χ1v) is 7.45. The number of hydrogen-bond acceptors (Lipinski definition) is 2. The average molecular weight is 402 g/mol. The quantitative estimate of drug-likeness (QED) is 0.812. The number of aliphatic carboxylic acids is 1. The third kappa shape index (κ3) is 4.14. The van der Waals surface area contributed by atoms with Gasteiger partial charge in [-0.05, 0) is 45.8 Å². The Morgan fingerprint density at radius 1 is 1.08 bits per heavy atom. The Labute approximate surface area is 143 Å². The van der Waals surface area contributed by atoms with Crippen LogP contribution in [0.2, 0.25) is 0 Å². The molecule has 0 bridgehead atoms. The van der Waals surface area contributed by atoms with E-state index in [9.17, 15) is 27.9 Å². The van der Waals surface area contributed by atoms with Gasteiger partial charge in [0.2, 0.25) is 0 Å². The second-order valence-corrected chi connectivity index (χ2v) is 5.70. The maximum atomic E-state index is 12.8. The summed E-state index contributed by atoms with van der Waals surface area (Å²) >= 11 is 3.16. The van der Waals surface area contributed by atoms with Crippen LogP contribution in [0.4, 0.5) is 13.2 Å². The van der Waals surface area contributed by atoms with Gasteiger partial charge < -0.3 is 10.4 Å². The molecule has 0 radical (unpaired) electrons. The Bertz CT molecular complexity index is 777. The molecule has 1 amide bonds. The Morgan fingerprint density at radius 2 is 1.75 bits per heavy atom. The third-order valence-corrected chi connectivity index (χ3v) is 3.88. The van der Waals surface area contributed by atoms with Gasteiger partial charge in [0.05, 0.1) is 11.1 Å². The number of halogens is 4. The van der Waals surface area contributed by atoms with Gasteiger partial charge in [-0.25, -0.2) is 4.79 Å². The van der Waals surface area contributed by atoms with Crippen molar-refractivity contribution in [2.75, 3.05) is 0 Å². The van der Waals surface area contributed by atoms with Crippen molar-refractivity contribution in [2.45, 2.75) is 12.2 Å². The molecule has 2 rings (SSSR count). The fourth-order valence-corrected chi connectivity index (χ4v) is 2.50. The van der Waals surface area contributed by atoms with Crippen molar-refractivity contribution in [3.63, 3.8) is 0 Å². The monoisotopic (exact) mass is 401 g/mol.